The monoisotopic (exact) mass is 375 g/mol. The number of carbonyl (C=O) groups excluding carboxylic acids is 2. The van der Waals surface area contributed by atoms with Crippen LogP contribution in [-0.2, 0) is 11.3 Å². The second-order valence-corrected chi connectivity index (χ2v) is 6.73. The third-order valence-corrected chi connectivity index (χ3v) is 4.81. The van der Waals surface area contributed by atoms with Crippen molar-refractivity contribution in [3.8, 4) is 0 Å². The smallest absolute Gasteiger partial charge is 0.290 e. The Morgan fingerprint density at radius 3 is 2.61 bits per heavy atom. The molecule has 3 aromatic rings. The van der Waals surface area contributed by atoms with Crippen molar-refractivity contribution in [3.63, 3.8) is 0 Å². The van der Waals surface area contributed by atoms with E-state index in [-0.39, 0.29) is 17.9 Å². The first kappa shape index (κ1) is 17.7. The number of nitrogens with zero attached hydrogens (tertiary/aromatic N) is 1. The molecule has 1 aliphatic heterocycles. The number of H-pyrrole nitrogens is 1. The number of aromatic amines is 1. The van der Waals surface area contributed by atoms with Gasteiger partial charge in [-0.1, -0.05) is 29.8 Å². The van der Waals surface area contributed by atoms with Crippen molar-refractivity contribution >= 4 is 11.7 Å². The second kappa shape index (κ2) is 7.15. The lowest BCUT2D eigenvalue weighted by atomic mass is 9.94. The molecule has 6 heteroatoms. The van der Waals surface area contributed by atoms with Gasteiger partial charge in [0.05, 0.1) is 24.4 Å². The van der Waals surface area contributed by atoms with E-state index in [4.69, 9.17) is 4.42 Å². The second-order valence-electron chi connectivity index (χ2n) is 6.73. The van der Waals surface area contributed by atoms with E-state index in [0.717, 1.165) is 16.7 Å². The van der Waals surface area contributed by atoms with E-state index in [1.807, 2.05) is 43.3 Å². The molecular formula is C22H19N2O4+. The van der Waals surface area contributed by atoms with Crippen LogP contribution in [0.2, 0.25) is 0 Å². The quantitative estimate of drug-likeness (QED) is 0.694. The molecule has 0 saturated heterocycles. The Labute approximate surface area is 161 Å². The van der Waals surface area contributed by atoms with Gasteiger partial charge in [0, 0.05) is 11.6 Å². The molecule has 1 aromatic carbocycles. The van der Waals surface area contributed by atoms with Crippen LogP contribution in [-0.4, -0.2) is 21.7 Å². The van der Waals surface area contributed by atoms with Crippen molar-refractivity contribution in [2.24, 2.45) is 0 Å². The first-order valence-electron chi connectivity index (χ1n) is 8.90. The van der Waals surface area contributed by atoms with E-state index >= 15 is 0 Å². The number of amides is 1. The summed E-state index contributed by atoms with van der Waals surface area (Å²) in [6.07, 6.45) is 4.94. The Bertz CT molecular complexity index is 1040. The minimum absolute atomic E-state index is 0.0312. The highest BCUT2D eigenvalue weighted by Crippen LogP contribution is 2.39. The molecule has 28 heavy (non-hydrogen) atoms. The molecule has 1 amide bonds. The van der Waals surface area contributed by atoms with Crippen LogP contribution in [0, 0.1) is 6.92 Å². The number of nitrogens with one attached hydrogen (secondary N) is 1. The number of hydrogen-bond donors (Lipinski definition) is 1. The summed E-state index contributed by atoms with van der Waals surface area (Å²) in [6, 6.07) is 13.7. The van der Waals surface area contributed by atoms with Crippen molar-refractivity contribution in [1.82, 2.24) is 4.90 Å². The minimum Gasteiger partial charge on any atom is -0.503 e. The predicted octanol–water partition coefficient (Wildman–Crippen LogP) is 3.18. The Morgan fingerprint density at radius 1 is 1.18 bits per heavy atom. The van der Waals surface area contributed by atoms with Gasteiger partial charge in [0.1, 0.15) is 0 Å². The van der Waals surface area contributed by atoms with E-state index in [2.05, 4.69) is 4.98 Å². The summed E-state index contributed by atoms with van der Waals surface area (Å²) >= 11 is 0. The van der Waals surface area contributed by atoms with E-state index < -0.39 is 23.5 Å². The summed E-state index contributed by atoms with van der Waals surface area (Å²) in [4.78, 5) is 30.4. The predicted molar refractivity (Wildman–Crippen MR) is 100 cm³/mol. The molecule has 2 N–H and O–H groups in total. The third kappa shape index (κ3) is 3.09. The van der Waals surface area contributed by atoms with Crippen LogP contribution in [0.1, 0.15) is 33.3 Å². The molecule has 1 atom stereocenters. The van der Waals surface area contributed by atoms with E-state index in [0.29, 0.717) is 0 Å². The highest BCUT2D eigenvalue weighted by atomic mass is 16.3. The molecule has 1 unspecified atom stereocenters. The lowest BCUT2D eigenvalue weighted by Crippen LogP contribution is -2.31. The SMILES string of the molecule is Cc1ccc(C2C(C(=O)c3ccco3)=C(O)C(=O)N2Cc2ccc[nH+]c2)cc1. The molecule has 140 valence electrons. The van der Waals surface area contributed by atoms with Gasteiger partial charge in [-0.25, -0.2) is 4.98 Å². The summed E-state index contributed by atoms with van der Waals surface area (Å²) in [5.74, 6) is -1.53. The maximum absolute atomic E-state index is 13.0. The van der Waals surface area contributed by atoms with Gasteiger partial charge in [-0.05, 0) is 30.7 Å². The summed E-state index contributed by atoms with van der Waals surface area (Å²) in [7, 11) is 0. The van der Waals surface area contributed by atoms with Gasteiger partial charge in [0.25, 0.3) is 5.91 Å². The van der Waals surface area contributed by atoms with Crippen LogP contribution in [0.3, 0.4) is 0 Å². The molecule has 6 nitrogen and oxygen atoms in total. The molecule has 0 saturated carbocycles. The van der Waals surface area contributed by atoms with Crippen molar-refractivity contribution in [2.45, 2.75) is 19.5 Å². The van der Waals surface area contributed by atoms with Gasteiger partial charge in [-0.2, -0.15) is 0 Å². The number of aryl methyl sites for hydroxylation is 1. The zero-order chi connectivity index (χ0) is 19.7. The first-order chi connectivity index (χ1) is 13.6. The molecule has 0 fully saturated rings. The van der Waals surface area contributed by atoms with Crippen LogP contribution in [0.15, 0.2) is 82.9 Å². The van der Waals surface area contributed by atoms with Crippen LogP contribution in [0.25, 0.3) is 0 Å². The van der Waals surface area contributed by atoms with Crippen molar-refractivity contribution < 1.29 is 24.1 Å². The average Bonchev–Trinajstić information content (AvgIpc) is 3.33. The zero-order valence-electron chi connectivity index (χ0n) is 15.3. The molecule has 4 rings (SSSR count). The van der Waals surface area contributed by atoms with Crippen molar-refractivity contribution in [3.05, 3.63) is 101 Å². The summed E-state index contributed by atoms with van der Waals surface area (Å²) < 4.78 is 5.22. The highest BCUT2D eigenvalue weighted by Gasteiger charge is 2.44. The number of rotatable bonds is 5. The molecule has 1 aliphatic rings. The fourth-order valence-corrected chi connectivity index (χ4v) is 3.41. The lowest BCUT2D eigenvalue weighted by molar-refractivity contribution is -0.378. The molecule has 3 heterocycles. The number of carbonyl (C=O) groups is 2. The van der Waals surface area contributed by atoms with Crippen molar-refractivity contribution in [2.75, 3.05) is 0 Å². The summed E-state index contributed by atoms with van der Waals surface area (Å²) in [5, 5.41) is 10.6. The molecule has 0 radical (unpaired) electrons. The molecule has 0 spiro atoms. The number of hydrogen-bond acceptors (Lipinski definition) is 4. The Hall–Kier alpha value is -3.67. The normalized spacial score (nSPS) is 16.7. The molecular weight excluding hydrogens is 356 g/mol. The Kier molecular flexibility index (Phi) is 4.53. The fourth-order valence-electron chi connectivity index (χ4n) is 3.41. The highest BCUT2D eigenvalue weighted by molar-refractivity contribution is 6.14. The largest absolute Gasteiger partial charge is 0.503 e. The van der Waals surface area contributed by atoms with Gasteiger partial charge in [0.15, 0.2) is 23.9 Å². The summed E-state index contributed by atoms with van der Waals surface area (Å²) in [5.41, 5.74) is 2.69. The maximum atomic E-state index is 13.0. The fraction of sp³-hybridized carbons (Fsp3) is 0.136. The number of aromatic nitrogens is 1. The molecule has 2 aromatic heterocycles. The van der Waals surface area contributed by atoms with Crippen LogP contribution >= 0.6 is 0 Å². The van der Waals surface area contributed by atoms with Crippen LogP contribution in [0.5, 0.6) is 0 Å². The topological polar surface area (TPSA) is 84.9 Å². The van der Waals surface area contributed by atoms with E-state index in [1.54, 1.807) is 18.5 Å². The molecule has 0 aliphatic carbocycles. The Morgan fingerprint density at radius 2 is 1.96 bits per heavy atom. The average molecular weight is 375 g/mol. The van der Waals surface area contributed by atoms with E-state index in [1.165, 1.54) is 17.2 Å². The van der Waals surface area contributed by atoms with Gasteiger partial charge >= 0.3 is 0 Å². The van der Waals surface area contributed by atoms with Gasteiger partial charge < -0.3 is 14.4 Å². The summed E-state index contributed by atoms with van der Waals surface area (Å²) in [6.45, 7) is 2.21. The van der Waals surface area contributed by atoms with Gasteiger partial charge in [-0.15, -0.1) is 0 Å². The third-order valence-electron chi connectivity index (χ3n) is 4.81. The minimum atomic E-state index is -0.703. The number of pyridine rings is 1. The number of furan rings is 1. The van der Waals surface area contributed by atoms with Crippen LogP contribution < -0.4 is 4.98 Å². The van der Waals surface area contributed by atoms with E-state index in [9.17, 15) is 14.7 Å². The van der Waals surface area contributed by atoms with Gasteiger partial charge in [0.2, 0.25) is 5.78 Å². The number of Topliss-reactive ketones (excluding diaryl/α,β-unsaturated/α-hetero) is 1. The zero-order valence-corrected chi connectivity index (χ0v) is 15.3. The molecule has 0 bridgehead atoms. The van der Waals surface area contributed by atoms with Crippen molar-refractivity contribution in [1.29, 1.82) is 0 Å². The maximum Gasteiger partial charge on any atom is 0.290 e. The van der Waals surface area contributed by atoms with Gasteiger partial charge in [-0.3, -0.25) is 9.59 Å². The lowest BCUT2D eigenvalue weighted by Gasteiger charge is -2.26. The standard InChI is InChI=1S/C22H18N2O4/c1-14-6-8-16(9-7-14)19-18(20(25)17-5-3-11-28-17)21(26)22(27)24(19)13-15-4-2-10-23-12-15/h2-12,19,26H,13H2,1H3/p+1. The van der Waals surface area contributed by atoms with Crippen LogP contribution in [0.4, 0.5) is 0 Å². The Balaban J connectivity index is 1.79. The number of aliphatic hydroxyl groups excluding tert-OH is 1. The number of benzene rings is 1. The number of ketones is 1. The number of aliphatic hydroxyl groups is 1. The first-order valence-corrected chi connectivity index (χ1v) is 8.90.